The Balaban J connectivity index is 2.44. The van der Waals surface area contributed by atoms with Gasteiger partial charge >= 0.3 is 6.03 Å². The molecular formula is C14H23N3O2. The molecule has 0 fully saturated rings. The highest BCUT2D eigenvalue weighted by Gasteiger charge is 2.23. The van der Waals surface area contributed by atoms with Crippen LogP contribution >= 0.6 is 0 Å². The van der Waals surface area contributed by atoms with E-state index in [0.717, 1.165) is 5.56 Å². The molecule has 0 aliphatic rings. The number of pyridine rings is 1. The van der Waals surface area contributed by atoms with E-state index in [1.807, 2.05) is 32.9 Å². The summed E-state index contributed by atoms with van der Waals surface area (Å²) in [5.41, 5.74) is 0.170. The highest BCUT2D eigenvalue weighted by molar-refractivity contribution is 5.74. The van der Waals surface area contributed by atoms with Gasteiger partial charge in [-0.1, -0.05) is 13.8 Å². The lowest BCUT2D eigenvalue weighted by Crippen LogP contribution is -2.46. The number of carbonyl (C=O) groups excluding carboxylic acids is 1. The fourth-order valence-corrected chi connectivity index (χ4v) is 1.73. The van der Waals surface area contributed by atoms with Crippen molar-refractivity contribution in [2.45, 2.75) is 45.3 Å². The van der Waals surface area contributed by atoms with Crippen molar-refractivity contribution in [1.29, 1.82) is 0 Å². The normalized spacial score (nSPS) is 12.8. The number of hydrogen-bond acceptors (Lipinski definition) is 3. The quantitative estimate of drug-likeness (QED) is 0.736. The topological polar surface area (TPSA) is 74.2 Å². The first-order chi connectivity index (χ1) is 9.00. The average Bonchev–Trinajstić information content (AvgIpc) is 2.45. The number of urea groups is 1. The monoisotopic (exact) mass is 265 g/mol. The summed E-state index contributed by atoms with van der Waals surface area (Å²) in [5, 5.41) is 15.6. The molecule has 3 N–H and O–H groups in total. The average molecular weight is 265 g/mol. The molecule has 0 radical (unpaired) electrons. The number of hydrogen-bond donors (Lipinski definition) is 3. The van der Waals surface area contributed by atoms with Gasteiger partial charge in [0.25, 0.3) is 0 Å². The van der Waals surface area contributed by atoms with Gasteiger partial charge in [0.15, 0.2) is 0 Å². The van der Waals surface area contributed by atoms with Gasteiger partial charge in [-0.15, -0.1) is 0 Å². The lowest BCUT2D eigenvalue weighted by molar-refractivity contribution is 0.0349. The lowest BCUT2D eigenvalue weighted by Gasteiger charge is -2.26. The van der Waals surface area contributed by atoms with Crippen molar-refractivity contribution < 1.29 is 9.90 Å². The Kier molecular flexibility index (Phi) is 5.76. The summed E-state index contributed by atoms with van der Waals surface area (Å²) in [6.45, 7) is 5.97. The lowest BCUT2D eigenvalue weighted by atomic mass is 9.98. The summed E-state index contributed by atoms with van der Waals surface area (Å²) in [5.74, 6) is 0. The van der Waals surface area contributed by atoms with Gasteiger partial charge in [-0.05, 0) is 37.5 Å². The zero-order chi connectivity index (χ0) is 14.3. The van der Waals surface area contributed by atoms with Crippen LogP contribution in [0.5, 0.6) is 0 Å². The van der Waals surface area contributed by atoms with E-state index in [-0.39, 0.29) is 18.6 Å². The second kappa shape index (κ2) is 7.09. The maximum absolute atomic E-state index is 11.8. The molecule has 19 heavy (non-hydrogen) atoms. The maximum Gasteiger partial charge on any atom is 0.315 e. The highest BCUT2D eigenvalue weighted by Crippen LogP contribution is 2.13. The maximum atomic E-state index is 11.8. The van der Waals surface area contributed by atoms with Crippen LogP contribution in [0, 0.1) is 0 Å². The fraction of sp³-hybridized carbons (Fsp3) is 0.571. The third-order valence-corrected chi connectivity index (χ3v) is 3.45. The van der Waals surface area contributed by atoms with Gasteiger partial charge < -0.3 is 15.7 Å². The molecule has 0 spiro atoms. The summed E-state index contributed by atoms with van der Waals surface area (Å²) in [7, 11) is 0. The molecule has 0 saturated heterocycles. The molecule has 5 nitrogen and oxygen atoms in total. The van der Waals surface area contributed by atoms with Gasteiger partial charge in [-0.25, -0.2) is 4.79 Å². The van der Waals surface area contributed by atoms with E-state index in [1.165, 1.54) is 0 Å². The van der Waals surface area contributed by atoms with Crippen LogP contribution < -0.4 is 10.6 Å². The molecule has 106 valence electrons. The zero-order valence-corrected chi connectivity index (χ0v) is 11.8. The first-order valence-electron chi connectivity index (χ1n) is 6.67. The third kappa shape index (κ3) is 4.87. The van der Waals surface area contributed by atoms with Gasteiger partial charge in [0.1, 0.15) is 0 Å². The number of nitrogens with one attached hydrogen (secondary N) is 2. The van der Waals surface area contributed by atoms with Crippen LogP contribution in [0.1, 0.15) is 45.2 Å². The Labute approximate surface area is 114 Å². The number of rotatable bonds is 6. The fourth-order valence-electron chi connectivity index (χ4n) is 1.73. The minimum atomic E-state index is -0.822. The second-order valence-corrected chi connectivity index (χ2v) is 4.76. The van der Waals surface area contributed by atoms with Gasteiger partial charge in [0, 0.05) is 18.9 Å². The molecule has 1 aromatic rings. The van der Waals surface area contributed by atoms with Crippen LogP contribution in [-0.2, 0) is 0 Å². The van der Waals surface area contributed by atoms with E-state index in [4.69, 9.17) is 0 Å². The molecule has 0 aliphatic heterocycles. The summed E-state index contributed by atoms with van der Waals surface area (Å²) in [4.78, 5) is 15.7. The van der Waals surface area contributed by atoms with Gasteiger partial charge in [0.2, 0.25) is 0 Å². The smallest absolute Gasteiger partial charge is 0.315 e. The van der Waals surface area contributed by atoms with E-state index in [2.05, 4.69) is 15.6 Å². The first-order valence-corrected chi connectivity index (χ1v) is 6.67. The zero-order valence-electron chi connectivity index (χ0n) is 11.8. The molecule has 1 heterocycles. The van der Waals surface area contributed by atoms with E-state index in [0.29, 0.717) is 12.8 Å². The molecule has 0 aliphatic carbocycles. The van der Waals surface area contributed by atoms with Gasteiger partial charge in [-0.3, -0.25) is 4.98 Å². The van der Waals surface area contributed by atoms with Crippen LogP contribution in [0.4, 0.5) is 4.79 Å². The van der Waals surface area contributed by atoms with Gasteiger partial charge in [-0.2, -0.15) is 0 Å². The van der Waals surface area contributed by atoms with Crippen LogP contribution in [0.15, 0.2) is 24.5 Å². The van der Waals surface area contributed by atoms with Crippen LogP contribution in [-0.4, -0.2) is 28.3 Å². The number of aromatic nitrogens is 1. The van der Waals surface area contributed by atoms with Crippen molar-refractivity contribution in [2.24, 2.45) is 0 Å². The standard InChI is InChI=1S/C14H23N3O2/c1-4-14(19,5-2)10-16-13(18)17-11(3)12-6-8-15-9-7-12/h6-9,11,19H,4-5,10H2,1-3H3,(H2,16,17,18). The molecule has 5 heteroatoms. The SMILES string of the molecule is CCC(O)(CC)CNC(=O)NC(C)c1ccncc1. The largest absolute Gasteiger partial charge is 0.388 e. The van der Waals surface area contributed by atoms with Crippen LogP contribution in [0.3, 0.4) is 0 Å². The summed E-state index contributed by atoms with van der Waals surface area (Å²) in [6.07, 6.45) is 4.62. The Morgan fingerprint density at radius 2 is 1.95 bits per heavy atom. The van der Waals surface area contributed by atoms with Crippen molar-refractivity contribution in [2.75, 3.05) is 6.54 Å². The van der Waals surface area contributed by atoms with Gasteiger partial charge in [0.05, 0.1) is 11.6 Å². The number of amides is 2. The molecular weight excluding hydrogens is 242 g/mol. The third-order valence-electron chi connectivity index (χ3n) is 3.45. The Bertz CT molecular complexity index is 391. The molecule has 1 atom stereocenters. The van der Waals surface area contributed by atoms with Crippen molar-refractivity contribution in [3.63, 3.8) is 0 Å². The summed E-state index contributed by atoms with van der Waals surface area (Å²) >= 11 is 0. The molecule has 0 aromatic carbocycles. The number of nitrogens with zero attached hydrogens (tertiary/aromatic N) is 1. The molecule has 0 saturated carbocycles. The van der Waals surface area contributed by atoms with Crippen molar-refractivity contribution >= 4 is 6.03 Å². The van der Waals surface area contributed by atoms with Crippen LogP contribution in [0.2, 0.25) is 0 Å². The van der Waals surface area contributed by atoms with E-state index < -0.39 is 5.60 Å². The number of carbonyl (C=O) groups is 1. The number of aliphatic hydroxyl groups is 1. The minimum absolute atomic E-state index is 0.0978. The molecule has 1 rings (SSSR count). The highest BCUT2D eigenvalue weighted by atomic mass is 16.3. The van der Waals surface area contributed by atoms with Crippen LogP contribution in [0.25, 0.3) is 0 Å². The van der Waals surface area contributed by atoms with E-state index in [1.54, 1.807) is 12.4 Å². The van der Waals surface area contributed by atoms with E-state index in [9.17, 15) is 9.90 Å². The predicted molar refractivity (Wildman–Crippen MR) is 74.7 cm³/mol. The molecule has 2 amide bonds. The predicted octanol–water partition coefficient (Wildman–Crippen LogP) is 1.99. The van der Waals surface area contributed by atoms with Crippen molar-refractivity contribution in [1.82, 2.24) is 15.6 Å². The Hall–Kier alpha value is -1.62. The van der Waals surface area contributed by atoms with Crippen molar-refractivity contribution in [3.8, 4) is 0 Å². The molecule has 0 bridgehead atoms. The summed E-state index contributed by atoms with van der Waals surface area (Å²) < 4.78 is 0. The molecule has 1 aromatic heterocycles. The molecule has 1 unspecified atom stereocenters. The van der Waals surface area contributed by atoms with Crippen molar-refractivity contribution in [3.05, 3.63) is 30.1 Å². The first kappa shape index (κ1) is 15.4. The summed E-state index contributed by atoms with van der Waals surface area (Å²) in [6, 6.07) is 3.35. The Morgan fingerprint density at radius 1 is 1.37 bits per heavy atom. The second-order valence-electron chi connectivity index (χ2n) is 4.76. The minimum Gasteiger partial charge on any atom is -0.388 e. The van der Waals surface area contributed by atoms with E-state index >= 15 is 0 Å². The Morgan fingerprint density at radius 3 is 2.47 bits per heavy atom.